The molecule has 206 valence electrons. The lowest BCUT2D eigenvalue weighted by molar-refractivity contribution is -0.192. The van der Waals surface area contributed by atoms with Crippen molar-refractivity contribution in [2.24, 2.45) is 7.05 Å². The summed E-state index contributed by atoms with van der Waals surface area (Å²) < 4.78 is 33.4. The highest BCUT2D eigenvalue weighted by Gasteiger charge is 2.38. The van der Waals surface area contributed by atoms with Crippen molar-refractivity contribution in [2.45, 2.75) is 32.1 Å². The molecule has 4 aromatic rings. The first-order chi connectivity index (χ1) is 18.3. The third-order valence-electron chi connectivity index (χ3n) is 5.76. The average Bonchev–Trinajstić information content (AvgIpc) is 3.23. The number of carboxylic acid groups (broad SMARTS) is 1. The van der Waals surface area contributed by atoms with Gasteiger partial charge in [0.2, 0.25) is 0 Å². The normalized spacial score (nSPS) is 17.6. The van der Waals surface area contributed by atoms with Crippen LogP contribution < -0.4 is 15.5 Å². The second kappa shape index (κ2) is 11.0. The lowest BCUT2D eigenvalue weighted by Crippen LogP contribution is -2.54. The standard InChI is InChI=1S/C22H23ClN8O.C2HF3O2/c1-12-9-31(10-13(2)27-12)21-20-19(24-4-5-25-20)16(8-26-21)22(32)28-15-6-14-11-30(3)29-18(14)17(23)7-15;3-2(4,5)1(6)7/h4-8,11-13,27H,9-10H2,1-3H3,(H,28,32);(H,6,7)/t12-,13+;. The van der Waals surface area contributed by atoms with E-state index >= 15 is 0 Å². The van der Waals surface area contributed by atoms with Crippen LogP contribution in [0.25, 0.3) is 21.9 Å². The van der Waals surface area contributed by atoms with Gasteiger partial charge in [0.1, 0.15) is 16.6 Å². The van der Waals surface area contributed by atoms with Gasteiger partial charge in [-0.15, -0.1) is 0 Å². The number of rotatable bonds is 3. The van der Waals surface area contributed by atoms with Crippen molar-refractivity contribution in [3.05, 3.63) is 47.5 Å². The van der Waals surface area contributed by atoms with Crippen LogP contribution >= 0.6 is 11.6 Å². The summed E-state index contributed by atoms with van der Waals surface area (Å²) in [5.74, 6) is -2.34. The number of piperazine rings is 1. The van der Waals surface area contributed by atoms with E-state index in [2.05, 4.69) is 49.4 Å². The number of amides is 1. The number of carbonyl (C=O) groups excluding carboxylic acids is 1. The van der Waals surface area contributed by atoms with Crippen LogP contribution in [0.1, 0.15) is 24.2 Å². The van der Waals surface area contributed by atoms with Crippen LogP contribution in [0, 0.1) is 0 Å². The van der Waals surface area contributed by atoms with E-state index in [1.807, 2.05) is 19.3 Å². The van der Waals surface area contributed by atoms with Crippen LogP contribution in [0.2, 0.25) is 5.02 Å². The van der Waals surface area contributed by atoms with Gasteiger partial charge in [0, 0.05) is 68.1 Å². The number of carbonyl (C=O) groups is 2. The summed E-state index contributed by atoms with van der Waals surface area (Å²) in [5, 5.41) is 19.2. The fourth-order valence-corrected chi connectivity index (χ4v) is 4.59. The van der Waals surface area contributed by atoms with Gasteiger partial charge in [-0.05, 0) is 26.0 Å². The second-order valence-electron chi connectivity index (χ2n) is 9.08. The number of aliphatic carboxylic acids is 1. The number of nitrogens with zero attached hydrogens (tertiary/aromatic N) is 6. The number of halogens is 4. The number of hydrogen-bond donors (Lipinski definition) is 3. The Balaban J connectivity index is 0.000000448. The maximum Gasteiger partial charge on any atom is 0.490 e. The molecule has 3 aromatic heterocycles. The van der Waals surface area contributed by atoms with Gasteiger partial charge in [-0.25, -0.2) is 14.8 Å². The van der Waals surface area contributed by atoms with Crippen molar-refractivity contribution in [2.75, 3.05) is 23.3 Å². The van der Waals surface area contributed by atoms with E-state index in [1.54, 1.807) is 29.3 Å². The van der Waals surface area contributed by atoms with E-state index < -0.39 is 12.1 Å². The molecule has 0 saturated carbocycles. The zero-order chi connectivity index (χ0) is 28.5. The Morgan fingerprint density at radius 1 is 1.08 bits per heavy atom. The number of carboxylic acids is 1. The van der Waals surface area contributed by atoms with Crippen LogP contribution in [-0.2, 0) is 11.8 Å². The highest BCUT2D eigenvalue weighted by molar-refractivity contribution is 6.35. The van der Waals surface area contributed by atoms with Gasteiger partial charge in [0.05, 0.1) is 10.6 Å². The monoisotopic (exact) mass is 564 g/mol. The molecular formula is C24H24ClF3N8O3. The molecule has 1 amide bonds. The molecule has 0 unspecified atom stereocenters. The summed E-state index contributed by atoms with van der Waals surface area (Å²) in [6.07, 6.45) is 1.55. The van der Waals surface area contributed by atoms with Gasteiger partial charge < -0.3 is 20.6 Å². The summed E-state index contributed by atoms with van der Waals surface area (Å²) in [6, 6.07) is 4.17. The number of anilines is 2. The van der Waals surface area contributed by atoms with E-state index in [0.717, 1.165) is 24.3 Å². The molecule has 1 saturated heterocycles. The summed E-state index contributed by atoms with van der Waals surface area (Å²) in [5.41, 5.74) is 2.75. The van der Waals surface area contributed by atoms with Gasteiger partial charge in [-0.1, -0.05) is 11.6 Å². The average molecular weight is 565 g/mol. The largest absolute Gasteiger partial charge is 0.490 e. The number of aryl methyl sites for hydroxylation is 1. The Morgan fingerprint density at radius 3 is 2.31 bits per heavy atom. The number of hydrogen-bond acceptors (Lipinski definition) is 8. The molecule has 1 aromatic carbocycles. The second-order valence-corrected chi connectivity index (χ2v) is 9.49. The van der Waals surface area contributed by atoms with Gasteiger partial charge in [0.15, 0.2) is 5.82 Å². The van der Waals surface area contributed by atoms with E-state index in [-0.39, 0.29) is 5.91 Å². The predicted molar refractivity (Wildman–Crippen MR) is 139 cm³/mol. The number of pyridine rings is 1. The van der Waals surface area contributed by atoms with E-state index in [1.165, 1.54) is 0 Å². The minimum absolute atomic E-state index is 0.322. The van der Waals surface area contributed by atoms with Crippen molar-refractivity contribution in [1.82, 2.24) is 30.0 Å². The third-order valence-corrected chi connectivity index (χ3v) is 6.05. The first-order valence-electron chi connectivity index (χ1n) is 11.7. The maximum atomic E-state index is 13.2. The molecule has 1 fully saturated rings. The molecule has 39 heavy (non-hydrogen) atoms. The topological polar surface area (TPSA) is 138 Å². The maximum absolute atomic E-state index is 13.2. The zero-order valence-corrected chi connectivity index (χ0v) is 21.7. The van der Waals surface area contributed by atoms with Crippen molar-refractivity contribution in [3.8, 4) is 0 Å². The van der Waals surface area contributed by atoms with E-state index in [9.17, 15) is 18.0 Å². The summed E-state index contributed by atoms with van der Waals surface area (Å²) >= 11 is 6.36. The predicted octanol–water partition coefficient (Wildman–Crippen LogP) is 3.64. The minimum atomic E-state index is -5.08. The first-order valence-corrected chi connectivity index (χ1v) is 12.1. The van der Waals surface area contributed by atoms with Crippen LogP contribution in [0.4, 0.5) is 24.7 Å². The molecular weight excluding hydrogens is 541 g/mol. The number of fused-ring (bicyclic) bond motifs is 2. The summed E-state index contributed by atoms with van der Waals surface area (Å²) in [7, 11) is 1.83. The Bertz CT molecular complexity index is 1530. The molecule has 1 aliphatic heterocycles. The van der Waals surface area contributed by atoms with Crippen LogP contribution in [0.5, 0.6) is 0 Å². The van der Waals surface area contributed by atoms with Crippen molar-refractivity contribution < 1.29 is 27.9 Å². The Hall–Kier alpha value is -4.04. The van der Waals surface area contributed by atoms with E-state index in [0.29, 0.717) is 44.9 Å². The highest BCUT2D eigenvalue weighted by Crippen LogP contribution is 2.29. The van der Waals surface area contributed by atoms with Gasteiger partial charge in [0.25, 0.3) is 5.91 Å². The number of benzene rings is 1. The van der Waals surface area contributed by atoms with Gasteiger partial charge >= 0.3 is 12.1 Å². The summed E-state index contributed by atoms with van der Waals surface area (Å²) in [4.78, 5) is 37.9. The lowest BCUT2D eigenvalue weighted by atomic mass is 10.1. The molecule has 2 atom stereocenters. The minimum Gasteiger partial charge on any atom is -0.475 e. The SMILES string of the molecule is C[C@@H]1CN(c2ncc(C(=O)Nc3cc(Cl)c4nn(C)cc4c3)c3nccnc23)C[C@H](C)N1.O=C(O)C(F)(F)F. The number of alkyl halides is 3. The lowest BCUT2D eigenvalue weighted by Gasteiger charge is -2.37. The number of aromatic nitrogens is 5. The smallest absolute Gasteiger partial charge is 0.475 e. The first kappa shape index (κ1) is 28.0. The fraction of sp³-hybridized carbons (Fsp3) is 0.333. The van der Waals surface area contributed by atoms with Crippen LogP contribution in [-0.4, -0.2) is 73.1 Å². The molecule has 15 heteroatoms. The molecule has 1 aliphatic rings. The Kier molecular flexibility index (Phi) is 7.88. The quantitative estimate of drug-likeness (QED) is 0.340. The number of nitrogens with one attached hydrogen (secondary N) is 2. The summed E-state index contributed by atoms with van der Waals surface area (Å²) in [6.45, 7) is 5.89. The van der Waals surface area contributed by atoms with Crippen LogP contribution in [0.15, 0.2) is 36.9 Å². The Morgan fingerprint density at radius 2 is 1.69 bits per heavy atom. The molecule has 0 bridgehead atoms. The molecule has 0 radical (unpaired) electrons. The van der Waals surface area contributed by atoms with Crippen molar-refractivity contribution in [3.63, 3.8) is 0 Å². The highest BCUT2D eigenvalue weighted by atomic mass is 35.5. The molecule has 0 aliphatic carbocycles. The van der Waals surface area contributed by atoms with Gasteiger partial charge in [-0.2, -0.15) is 18.3 Å². The fourth-order valence-electron chi connectivity index (χ4n) is 4.33. The molecule has 0 spiro atoms. The van der Waals surface area contributed by atoms with Crippen molar-refractivity contribution in [1.29, 1.82) is 0 Å². The Labute approximate surface area is 225 Å². The van der Waals surface area contributed by atoms with Crippen LogP contribution in [0.3, 0.4) is 0 Å². The molecule has 11 nitrogen and oxygen atoms in total. The molecule has 4 heterocycles. The third kappa shape index (κ3) is 6.34. The van der Waals surface area contributed by atoms with Crippen molar-refractivity contribution >= 4 is 56.9 Å². The zero-order valence-electron chi connectivity index (χ0n) is 21.0. The van der Waals surface area contributed by atoms with E-state index in [4.69, 9.17) is 21.5 Å². The molecule has 5 rings (SSSR count). The van der Waals surface area contributed by atoms with Gasteiger partial charge in [-0.3, -0.25) is 14.5 Å². The molecule has 3 N–H and O–H groups in total.